The summed E-state index contributed by atoms with van der Waals surface area (Å²) in [6, 6.07) is 14.2. The molecule has 4 nitrogen and oxygen atoms in total. The predicted molar refractivity (Wildman–Crippen MR) is 93.4 cm³/mol. The first-order valence-corrected chi connectivity index (χ1v) is 8.26. The van der Waals surface area contributed by atoms with Crippen molar-refractivity contribution in [2.24, 2.45) is 5.73 Å². The van der Waals surface area contributed by atoms with E-state index in [9.17, 15) is 9.18 Å². The van der Waals surface area contributed by atoms with E-state index in [1.165, 1.54) is 6.07 Å². The van der Waals surface area contributed by atoms with Gasteiger partial charge in [0, 0.05) is 36.9 Å². The Bertz CT molecular complexity index is 711. The van der Waals surface area contributed by atoms with E-state index < -0.39 is 0 Å². The molecule has 0 radical (unpaired) electrons. The predicted octanol–water partition coefficient (Wildman–Crippen LogP) is 2.68. The van der Waals surface area contributed by atoms with Gasteiger partial charge >= 0.3 is 0 Å². The van der Waals surface area contributed by atoms with E-state index in [4.69, 9.17) is 5.73 Å². The fourth-order valence-corrected chi connectivity index (χ4v) is 2.99. The van der Waals surface area contributed by atoms with Gasteiger partial charge in [-0.05, 0) is 31.0 Å². The number of benzene rings is 2. The van der Waals surface area contributed by atoms with Gasteiger partial charge in [-0.3, -0.25) is 4.79 Å². The maximum absolute atomic E-state index is 13.7. The fraction of sp³-hybridized carbons (Fsp3) is 0.316. The molecule has 126 valence electrons. The Hall–Kier alpha value is -2.40. The van der Waals surface area contributed by atoms with Crippen LogP contribution in [0.4, 0.5) is 10.1 Å². The molecule has 0 unspecified atom stereocenters. The van der Waals surface area contributed by atoms with Crippen LogP contribution in [-0.4, -0.2) is 25.0 Å². The largest absolute Gasteiger partial charge is 0.371 e. The Morgan fingerprint density at radius 3 is 2.54 bits per heavy atom. The van der Waals surface area contributed by atoms with Gasteiger partial charge in [0.2, 0.25) is 0 Å². The van der Waals surface area contributed by atoms with Crippen LogP contribution >= 0.6 is 0 Å². The topological polar surface area (TPSA) is 58.4 Å². The molecule has 24 heavy (non-hydrogen) atoms. The first-order valence-electron chi connectivity index (χ1n) is 8.26. The average molecular weight is 327 g/mol. The lowest BCUT2D eigenvalue weighted by Crippen LogP contribution is -2.40. The zero-order valence-electron chi connectivity index (χ0n) is 13.5. The van der Waals surface area contributed by atoms with Crippen LogP contribution in [0.25, 0.3) is 0 Å². The minimum absolute atomic E-state index is 0.171. The van der Waals surface area contributed by atoms with E-state index in [-0.39, 0.29) is 24.3 Å². The van der Waals surface area contributed by atoms with Crippen LogP contribution in [0.1, 0.15) is 28.8 Å². The monoisotopic (exact) mass is 327 g/mol. The summed E-state index contributed by atoms with van der Waals surface area (Å²) in [6.07, 6.45) is 1.84. The highest BCUT2D eigenvalue weighted by Crippen LogP contribution is 2.24. The summed E-state index contributed by atoms with van der Waals surface area (Å²) in [5.41, 5.74) is 7.96. The molecule has 1 heterocycles. The number of rotatable bonds is 4. The Morgan fingerprint density at radius 1 is 1.12 bits per heavy atom. The van der Waals surface area contributed by atoms with E-state index in [1.807, 2.05) is 18.2 Å². The Kier molecular flexibility index (Phi) is 5.11. The molecule has 1 aliphatic rings. The molecule has 3 rings (SSSR count). The number of para-hydroxylation sites is 1. The summed E-state index contributed by atoms with van der Waals surface area (Å²) in [7, 11) is 0. The minimum atomic E-state index is -0.309. The van der Waals surface area contributed by atoms with Gasteiger partial charge in [-0.15, -0.1) is 0 Å². The summed E-state index contributed by atoms with van der Waals surface area (Å²) in [4.78, 5) is 14.8. The van der Waals surface area contributed by atoms with Crippen LogP contribution in [0.3, 0.4) is 0 Å². The van der Waals surface area contributed by atoms with Gasteiger partial charge in [-0.25, -0.2) is 4.39 Å². The molecule has 0 saturated carbocycles. The Balaban J connectivity index is 1.72. The maximum Gasteiger partial charge on any atom is 0.253 e. The van der Waals surface area contributed by atoms with Crippen LogP contribution in [-0.2, 0) is 6.54 Å². The normalized spacial score (nSPS) is 15.3. The number of halogens is 1. The molecular formula is C19H22FN3O. The molecule has 0 bridgehead atoms. The number of amides is 1. The number of nitrogens with zero attached hydrogens (tertiary/aromatic N) is 1. The highest BCUT2D eigenvalue weighted by Gasteiger charge is 2.20. The highest BCUT2D eigenvalue weighted by atomic mass is 19.1. The van der Waals surface area contributed by atoms with Crippen molar-refractivity contribution in [3.63, 3.8) is 0 Å². The second kappa shape index (κ2) is 7.45. The lowest BCUT2D eigenvalue weighted by molar-refractivity contribution is 0.0951. The number of nitrogens with one attached hydrogen (secondary N) is 1. The standard InChI is InChI=1S/C19H22FN3O/c20-17-7-3-1-5-14(17)13-22-19(24)16-6-2-4-8-18(16)23-11-9-15(21)10-12-23/h1-8,15H,9-13,21H2,(H,22,24). The molecule has 1 fully saturated rings. The molecule has 0 aromatic heterocycles. The quantitative estimate of drug-likeness (QED) is 0.908. The molecule has 0 atom stereocenters. The molecule has 2 aromatic rings. The number of hydrogen-bond acceptors (Lipinski definition) is 3. The molecule has 1 amide bonds. The van der Waals surface area contributed by atoms with Crippen molar-refractivity contribution in [1.29, 1.82) is 0 Å². The van der Waals surface area contributed by atoms with Gasteiger partial charge in [-0.2, -0.15) is 0 Å². The molecule has 3 N–H and O–H groups in total. The van der Waals surface area contributed by atoms with Crippen molar-refractivity contribution in [2.75, 3.05) is 18.0 Å². The Labute approximate surface area is 141 Å². The number of hydrogen-bond donors (Lipinski definition) is 2. The highest BCUT2D eigenvalue weighted by molar-refractivity contribution is 5.99. The van der Waals surface area contributed by atoms with Crippen molar-refractivity contribution in [2.45, 2.75) is 25.4 Å². The molecule has 0 spiro atoms. The molecule has 5 heteroatoms. The van der Waals surface area contributed by atoms with E-state index in [0.29, 0.717) is 11.1 Å². The summed E-state index contributed by atoms with van der Waals surface area (Å²) in [5.74, 6) is -0.500. The number of nitrogens with two attached hydrogens (primary N) is 1. The molecule has 0 aliphatic carbocycles. The average Bonchev–Trinajstić information content (AvgIpc) is 2.61. The van der Waals surface area contributed by atoms with E-state index >= 15 is 0 Å². The third-order valence-corrected chi connectivity index (χ3v) is 4.43. The third-order valence-electron chi connectivity index (χ3n) is 4.43. The maximum atomic E-state index is 13.7. The van der Waals surface area contributed by atoms with Gasteiger partial charge < -0.3 is 16.0 Å². The van der Waals surface area contributed by atoms with Gasteiger partial charge in [-0.1, -0.05) is 30.3 Å². The van der Waals surface area contributed by atoms with Gasteiger partial charge in [0.25, 0.3) is 5.91 Å². The second-order valence-corrected chi connectivity index (χ2v) is 6.12. The van der Waals surface area contributed by atoms with Crippen molar-refractivity contribution in [1.82, 2.24) is 5.32 Å². The van der Waals surface area contributed by atoms with Crippen molar-refractivity contribution in [3.8, 4) is 0 Å². The van der Waals surface area contributed by atoms with E-state index in [2.05, 4.69) is 10.2 Å². The summed E-state index contributed by atoms with van der Waals surface area (Å²) < 4.78 is 13.7. The van der Waals surface area contributed by atoms with Crippen molar-refractivity contribution < 1.29 is 9.18 Å². The summed E-state index contributed by atoms with van der Waals surface area (Å²) >= 11 is 0. The minimum Gasteiger partial charge on any atom is -0.371 e. The summed E-state index contributed by atoms with van der Waals surface area (Å²) in [5, 5.41) is 2.81. The van der Waals surface area contributed by atoms with Crippen LogP contribution in [0.2, 0.25) is 0 Å². The zero-order valence-corrected chi connectivity index (χ0v) is 13.5. The number of carbonyl (C=O) groups excluding carboxylic acids is 1. The van der Waals surface area contributed by atoms with Gasteiger partial charge in [0.1, 0.15) is 5.82 Å². The fourth-order valence-electron chi connectivity index (χ4n) is 2.99. The number of piperidine rings is 1. The SMILES string of the molecule is NC1CCN(c2ccccc2C(=O)NCc2ccccc2F)CC1. The molecule has 1 aliphatic heterocycles. The van der Waals surface area contributed by atoms with Crippen LogP contribution in [0.5, 0.6) is 0 Å². The smallest absolute Gasteiger partial charge is 0.253 e. The second-order valence-electron chi connectivity index (χ2n) is 6.12. The summed E-state index contributed by atoms with van der Waals surface area (Å²) in [6.45, 7) is 1.86. The third kappa shape index (κ3) is 3.74. The first-order chi connectivity index (χ1) is 11.6. The van der Waals surface area contributed by atoms with Crippen LogP contribution in [0.15, 0.2) is 48.5 Å². The molecule has 1 saturated heterocycles. The van der Waals surface area contributed by atoms with Gasteiger partial charge in [0.05, 0.1) is 5.56 Å². The lowest BCUT2D eigenvalue weighted by atomic mass is 10.0. The number of carbonyl (C=O) groups is 1. The molecule has 2 aromatic carbocycles. The molecular weight excluding hydrogens is 305 g/mol. The first kappa shape index (κ1) is 16.5. The zero-order chi connectivity index (χ0) is 16.9. The van der Waals surface area contributed by atoms with Crippen molar-refractivity contribution >= 4 is 11.6 Å². The lowest BCUT2D eigenvalue weighted by Gasteiger charge is -2.33. The van der Waals surface area contributed by atoms with Crippen molar-refractivity contribution in [3.05, 3.63) is 65.5 Å². The van der Waals surface area contributed by atoms with Gasteiger partial charge in [0.15, 0.2) is 0 Å². The van der Waals surface area contributed by atoms with E-state index in [1.54, 1.807) is 24.3 Å². The van der Waals surface area contributed by atoms with E-state index in [0.717, 1.165) is 31.6 Å². The van der Waals surface area contributed by atoms with Crippen LogP contribution in [0, 0.1) is 5.82 Å². The van der Waals surface area contributed by atoms with Crippen LogP contribution < -0.4 is 16.0 Å². The Morgan fingerprint density at radius 2 is 1.79 bits per heavy atom. The number of anilines is 1.